The highest BCUT2D eigenvalue weighted by Crippen LogP contribution is 2.34. The maximum Gasteiger partial charge on any atom is 0.418 e. The molecule has 0 saturated carbocycles. The van der Waals surface area contributed by atoms with Crippen molar-refractivity contribution < 1.29 is 18.0 Å². The van der Waals surface area contributed by atoms with Crippen LogP contribution >= 0.6 is 0 Å². The number of hydrogen-bond donors (Lipinski definition) is 1. The van der Waals surface area contributed by atoms with E-state index in [9.17, 15) is 18.0 Å². The van der Waals surface area contributed by atoms with Crippen molar-refractivity contribution in [2.24, 2.45) is 0 Å². The summed E-state index contributed by atoms with van der Waals surface area (Å²) in [5, 5.41) is 6.63. The Morgan fingerprint density at radius 3 is 2.50 bits per heavy atom. The molecule has 28 heavy (non-hydrogen) atoms. The largest absolute Gasteiger partial charge is 0.418 e. The molecular formula is C20H19F3N4O. The van der Waals surface area contributed by atoms with Crippen molar-refractivity contribution in [3.8, 4) is 5.69 Å². The molecule has 0 aliphatic rings. The van der Waals surface area contributed by atoms with Crippen LogP contribution in [0.5, 0.6) is 0 Å². The molecule has 5 nitrogen and oxygen atoms in total. The lowest BCUT2D eigenvalue weighted by Gasteiger charge is -2.17. The minimum atomic E-state index is -4.53. The monoisotopic (exact) mass is 388 g/mol. The number of rotatable bonds is 6. The quantitative estimate of drug-likeness (QED) is 0.695. The van der Waals surface area contributed by atoms with Crippen LogP contribution in [0.2, 0.25) is 0 Å². The number of amides is 1. The van der Waals surface area contributed by atoms with Crippen LogP contribution in [0.15, 0.2) is 67.0 Å². The van der Waals surface area contributed by atoms with Crippen molar-refractivity contribution in [1.82, 2.24) is 14.7 Å². The number of nitrogens with zero attached hydrogens (tertiary/aromatic N) is 3. The van der Waals surface area contributed by atoms with Gasteiger partial charge >= 0.3 is 6.18 Å². The molecule has 3 aromatic rings. The first kappa shape index (κ1) is 19.6. The third-order valence-corrected chi connectivity index (χ3v) is 4.03. The van der Waals surface area contributed by atoms with Crippen LogP contribution in [-0.4, -0.2) is 34.2 Å². The number of carbonyl (C=O) groups excluding carboxylic acids is 1. The first-order chi connectivity index (χ1) is 13.3. The van der Waals surface area contributed by atoms with Gasteiger partial charge in [-0.2, -0.15) is 18.3 Å². The lowest BCUT2D eigenvalue weighted by Crippen LogP contribution is -2.30. The van der Waals surface area contributed by atoms with E-state index in [4.69, 9.17) is 0 Å². The average Bonchev–Trinajstić information content (AvgIpc) is 3.10. The molecular weight excluding hydrogens is 369 g/mol. The van der Waals surface area contributed by atoms with E-state index in [2.05, 4.69) is 10.4 Å². The molecule has 0 bridgehead atoms. The number of nitrogens with one attached hydrogen (secondary N) is 1. The fourth-order valence-electron chi connectivity index (χ4n) is 2.81. The van der Waals surface area contributed by atoms with E-state index in [1.807, 2.05) is 36.5 Å². The van der Waals surface area contributed by atoms with E-state index in [0.29, 0.717) is 6.54 Å². The summed E-state index contributed by atoms with van der Waals surface area (Å²) in [4.78, 5) is 13.9. The second-order valence-electron chi connectivity index (χ2n) is 6.39. The number of benzene rings is 2. The van der Waals surface area contributed by atoms with Gasteiger partial charge in [0.25, 0.3) is 0 Å². The molecule has 0 aliphatic heterocycles. The van der Waals surface area contributed by atoms with E-state index in [-0.39, 0.29) is 12.2 Å². The minimum absolute atomic E-state index is 0.0529. The van der Waals surface area contributed by atoms with Gasteiger partial charge in [-0.15, -0.1) is 0 Å². The van der Waals surface area contributed by atoms with Crippen molar-refractivity contribution in [2.75, 3.05) is 18.9 Å². The van der Waals surface area contributed by atoms with Crippen LogP contribution in [-0.2, 0) is 17.5 Å². The maximum atomic E-state index is 13.0. The molecule has 1 N–H and O–H groups in total. The highest BCUT2D eigenvalue weighted by Gasteiger charge is 2.33. The van der Waals surface area contributed by atoms with Gasteiger partial charge in [0.15, 0.2) is 0 Å². The molecule has 0 spiro atoms. The van der Waals surface area contributed by atoms with E-state index >= 15 is 0 Å². The number of para-hydroxylation sites is 2. The Bertz CT molecular complexity index is 938. The predicted molar refractivity (Wildman–Crippen MR) is 100.0 cm³/mol. The van der Waals surface area contributed by atoms with Crippen LogP contribution in [0.25, 0.3) is 5.69 Å². The fourth-order valence-corrected chi connectivity index (χ4v) is 2.81. The SMILES string of the molecule is CN(CC(=O)Nc1ccccc1C(F)(F)F)Cc1cnn(-c2ccccc2)c1. The molecule has 1 aromatic heterocycles. The third-order valence-electron chi connectivity index (χ3n) is 4.03. The molecule has 0 saturated heterocycles. The molecule has 2 aromatic carbocycles. The number of likely N-dealkylation sites (N-methyl/N-ethyl adjacent to an activating group) is 1. The zero-order chi connectivity index (χ0) is 20.1. The Morgan fingerprint density at radius 1 is 1.11 bits per heavy atom. The normalized spacial score (nSPS) is 11.6. The molecule has 1 amide bonds. The fraction of sp³-hybridized carbons (Fsp3) is 0.200. The van der Waals surface area contributed by atoms with Gasteiger partial charge in [-0.05, 0) is 31.3 Å². The van der Waals surface area contributed by atoms with Gasteiger partial charge in [0.2, 0.25) is 5.91 Å². The second-order valence-corrected chi connectivity index (χ2v) is 6.39. The molecule has 3 rings (SSSR count). The van der Waals surface area contributed by atoms with Gasteiger partial charge < -0.3 is 5.32 Å². The standard InChI is InChI=1S/C20H19F3N4O/c1-26(12-15-11-24-27(13-15)16-7-3-2-4-8-16)14-19(28)25-18-10-6-5-9-17(18)20(21,22)23/h2-11,13H,12,14H2,1H3,(H,25,28). The van der Waals surface area contributed by atoms with Gasteiger partial charge in [0.1, 0.15) is 0 Å². The van der Waals surface area contributed by atoms with Crippen LogP contribution in [0.1, 0.15) is 11.1 Å². The predicted octanol–water partition coefficient (Wildman–Crippen LogP) is 3.96. The molecule has 0 fully saturated rings. The topological polar surface area (TPSA) is 50.2 Å². The highest BCUT2D eigenvalue weighted by molar-refractivity contribution is 5.93. The minimum Gasteiger partial charge on any atom is -0.324 e. The van der Waals surface area contributed by atoms with Gasteiger partial charge in [-0.25, -0.2) is 4.68 Å². The summed E-state index contributed by atoms with van der Waals surface area (Å²) in [6.45, 7) is 0.379. The van der Waals surface area contributed by atoms with Crippen molar-refractivity contribution in [2.45, 2.75) is 12.7 Å². The summed E-state index contributed by atoms with van der Waals surface area (Å²) in [5.74, 6) is -0.519. The first-order valence-corrected chi connectivity index (χ1v) is 8.56. The summed E-state index contributed by atoms with van der Waals surface area (Å²) < 4.78 is 40.8. The summed E-state index contributed by atoms with van der Waals surface area (Å²) in [5.41, 5.74) is 0.688. The second kappa shape index (κ2) is 8.26. The van der Waals surface area contributed by atoms with Gasteiger partial charge in [0.05, 0.1) is 29.7 Å². The average molecular weight is 388 g/mol. The van der Waals surface area contributed by atoms with Crippen molar-refractivity contribution in [1.29, 1.82) is 0 Å². The Morgan fingerprint density at radius 2 is 1.79 bits per heavy atom. The molecule has 8 heteroatoms. The molecule has 1 heterocycles. The van der Waals surface area contributed by atoms with E-state index in [1.165, 1.54) is 18.2 Å². The van der Waals surface area contributed by atoms with E-state index in [0.717, 1.165) is 17.3 Å². The molecule has 146 valence electrons. The Balaban J connectivity index is 1.59. The number of hydrogen-bond acceptors (Lipinski definition) is 3. The molecule has 0 radical (unpaired) electrons. The number of alkyl halides is 3. The first-order valence-electron chi connectivity index (χ1n) is 8.56. The van der Waals surface area contributed by atoms with E-state index < -0.39 is 17.6 Å². The number of carbonyl (C=O) groups is 1. The highest BCUT2D eigenvalue weighted by atomic mass is 19.4. The summed E-state index contributed by atoms with van der Waals surface area (Å²) in [7, 11) is 1.72. The van der Waals surface area contributed by atoms with Gasteiger partial charge in [-0.1, -0.05) is 30.3 Å². The number of anilines is 1. The summed E-state index contributed by atoms with van der Waals surface area (Å²) >= 11 is 0. The van der Waals surface area contributed by atoms with Crippen LogP contribution < -0.4 is 5.32 Å². The van der Waals surface area contributed by atoms with Crippen molar-refractivity contribution in [3.63, 3.8) is 0 Å². The van der Waals surface area contributed by atoms with Crippen molar-refractivity contribution >= 4 is 11.6 Å². The lowest BCUT2D eigenvalue weighted by molar-refractivity contribution is -0.137. The summed E-state index contributed by atoms with van der Waals surface area (Å²) in [6.07, 6.45) is -0.981. The Kier molecular flexibility index (Phi) is 5.79. The molecule has 0 atom stereocenters. The zero-order valence-corrected chi connectivity index (χ0v) is 15.1. The lowest BCUT2D eigenvalue weighted by atomic mass is 10.1. The Hall–Kier alpha value is -3.13. The van der Waals surface area contributed by atoms with E-state index in [1.54, 1.807) is 22.8 Å². The Labute approximate surface area is 160 Å². The van der Waals surface area contributed by atoms with Crippen LogP contribution in [0, 0.1) is 0 Å². The smallest absolute Gasteiger partial charge is 0.324 e. The molecule has 0 aliphatic carbocycles. The van der Waals surface area contributed by atoms with Gasteiger partial charge in [-0.3, -0.25) is 9.69 Å². The molecule has 0 unspecified atom stereocenters. The number of halogens is 3. The van der Waals surface area contributed by atoms with Crippen LogP contribution in [0.4, 0.5) is 18.9 Å². The van der Waals surface area contributed by atoms with Crippen LogP contribution in [0.3, 0.4) is 0 Å². The maximum absolute atomic E-state index is 13.0. The third kappa shape index (κ3) is 4.98. The zero-order valence-electron chi connectivity index (χ0n) is 15.1. The number of aromatic nitrogens is 2. The van der Waals surface area contributed by atoms with Crippen molar-refractivity contribution in [3.05, 3.63) is 78.1 Å². The van der Waals surface area contributed by atoms with Gasteiger partial charge in [0, 0.05) is 18.3 Å². The summed E-state index contributed by atoms with van der Waals surface area (Å²) in [6, 6.07) is 14.5.